The molecule has 0 aliphatic rings. The van der Waals surface area contributed by atoms with Crippen LogP contribution in [0.1, 0.15) is 5.56 Å². The molecule has 0 atom stereocenters. The Bertz CT molecular complexity index is 1260. The van der Waals surface area contributed by atoms with Gasteiger partial charge in [-0.2, -0.15) is 13.2 Å². The zero-order valence-corrected chi connectivity index (χ0v) is 17.3. The van der Waals surface area contributed by atoms with Crippen LogP contribution in [0.25, 0.3) is 0 Å². The van der Waals surface area contributed by atoms with Crippen molar-refractivity contribution in [3.8, 4) is 5.75 Å². The van der Waals surface area contributed by atoms with E-state index in [-0.39, 0.29) is 22.0 Å². The van der Waals surface area contributed by atoms with E-state index in [1.54, 1.807) is 0 Å². The lowest BCUT2D eigenvalue weighted by Gasteiger charge is -2.12. The largest absolute Gasteiger partial charge is 0.484 e. The summed E-state index contributed by atoms with van der Waals surface area (Å²) in [5.74, 6) is -2.76. The average molecular weight is 486 g/mol. The summed E-state index contributed by atoms with van der Waals surface area (Å²) in [6.45, 7) is -0.506. The second-order valence-corrected chi connectivity index (χ2v) is 8.30. The number of hydrogen-bond donors (Lipinski definition) is 2. The van der Waals surface area contributed by atoms with Crippen molar-refractivity contribution < 1.29 is 39.9 Å². The predicted octanol–water partition coefficient (Wildman–Crippen LogP) is 4.80. The van der Waals surface area contributed by atoms with Crippen LogP contribution in [0, 0.1) is 11.6 Å². The molecule has 0 unspecified atom stereocenters. The molecular formula is C21H15F5N2O4S. The van der Waals surface area contributed by atoms with Gasteiger partial charge in [-0.1, -0.05) is 6.07 Å². The summed E-state index contributed by atoms with van der Waals surface area (Å²) >= 11 is 0. The summed E-state index contributed by atoms with van der Waals surface area (Å²) in [5.41, 5.74) is -1.25. The van der Waals surface area contributed by atoms with Gasteiger partial charge in [-0.05, 0) is 54.6 Å². The number of carbonyl (C=O) groups excluding carboxylic acids is 1. The molecule has 174 valence electrons. The van der Waals surface area contributed by atoms with E-state index < -0.39 is 45.9 Å². The number of sulfonamides is 1. The van der Waals surface area contributed by atoms with Crippen LogP contribution in [0.15, 0.2) is 71.6 Å². The van der Waals surface area contributed by atoms with Crippen LogP contribution in [0.2, 0.25) is 0 Å². The van der Waals surface area contributed by atoms with Crippen molar-refractivity contribution in [2.45, 2.75) is 11.1 Å². The molecule has 0 aliphatic carbocycles. The van der Waals surface area contributed by atoms with E-state index in [1.165, 1.54) is 18.2 Å². The van der Waals surface area contributed by atoms with E-state index in [2.05, 4.69) is 10.0 Å². The predicted molar refractivity (Wildman–Crippen MR) is 109 cm³/mol. The first-order chi connectivity index (χ1) is 15.4. The fourth-order valence-electron chi connectivity index (χ4n) is 2.61. The van der Waals surface area contributed by atoms with Crippen LogP contribution < -0.4 is 14.8 Å². The Labute approximate surface area is 185 Å². The number of carbonyl (C=O) groups is 1. The van der Waals surface area contributed by atoms with Gasteiger partial charge in [0.2, 0.25) is 0 Å². The number of anilines is 2. The van der Waals surface area contributed by atoms with Crippen molar-refractivity contribution in [1.29, 1.82) is 0 Å². The van der Waals surface area contributed by atoms with Gasteiger partial charge in [0.1, 0.15) is 5.75 Å². The third-order valence-electron chi connectivity index (χ3n) is 4.15. The van der Waals surface area contributed by atoms with Crippen LogP contribution in [0.4, 0.5) is 33.3 Å². The molecule has 33 heavy (non-hydrogen) atoms. The standard InChI is InChI=1S/C21H15F5N2O4S/c22-18-9-4-14(11-19(18)23)27-20(29)12-32-16-5-7-17(8-6-16)33(30,31)28-15-3-1-2-13(10-15)21(24,25)26/h1-11,28H,12H2,(H,27,29). The number of halogens is 5. The molecule has 0 spiro atoms. The van der Waals surface area contributed by atoms with Crippen LogP contribution >= 0.6 is 0 Å². The van der Waals surface area contributed by atoms with E-state index in [1.807, 2.05) is 0 Å². The topological polar surface area (TPSA) is 84.5 Å². The molecular weight excluding hydrogens is 471 g/mol. The van der Waals surface area contributed by atoms with Crippen LogP contribution in [0.5, 0.6) is 5.75 Å². The highest BCUT2D eigenvalue weighted by atomic mass is 32.2. The summed E-state index contributed by atoms with van der Waals surface area (Å²) in [5, 5.41) is 2.30. The summed E-state index contributed by atoms with van der Waals surface area (Å²) < 4.78 is 96.6. The number of alkyl halides is 3. The van der Waals surface area contributed by atoms with Gasteiger partial charge in [0.25, 0.3) is 15.9 Å². The quantitative estimate of drug-likeness (QED) is 0.470. The Balaban J connectivity index is 1.61. The first-order valence-corrected chi connectivity index (χ1v) is 10.6. The van der Waals surface area contributed by atoms with Crippen molar-refractivity contribution in [2.24, 2.45) is 0 Å². The van der Waals surface area contributed by atoms with Crippen molar-refractivity contribution in [3.05, 3.63) is 83.9 Å². The van der Waals surface area contributed by atoms with Gasteiger partial charge in [0.05, 0.1) is 10.5 Å². The van der Waals surface area contributed by atoms with Crippen molar-refractivity contribution in [2.75, 3.05) is 16.6 Å². The first-order valence-electron chi connectivity index (χ1n) is 9.12. The molecule has 0 radical (unpaired) electrons. The molecule has 2 N–H and O–H groups in total. The number of amides is 1. The fraction of sp³-hybridized carbons (Fsp3) is 0.0952. The summed E-state index contributed by atoms with van der Waals surface area (Å²) in [7, 11) is -4.19. The van der Waals surface area contributed by atoms with Gasteiger partial charge in [0.15, 0.2) is 18.2 Å². The van der Waals surface area contributed by atoms with Gasteiger partial charge < -0.3 is 10.1 Å². The first kappa shape index (κ1) is 24.0. The molecule has 0 heterocycles. The summed E-state index contributed by atoms with van der Waals surface area (Å²) in [6, 6.07) is 11.3. The highest BCUT2D eigenvalue weighted by molar-refractivity contribution is 7.92. The Kier molecular flexibility index (Phi) is 6.86. The van der Waals surface area contributed by atoms with Crippen LogP contribution in [-0.2, 0) is 21.0 Å². The number of benzene rings is 3. The van der Waals surface area contributed by atoms with Gasteiger partial charge in [-0.15, -0.1) is 0 Å². The van der Waals surface area contributed by atoms with Crippen LogP contribution in [-0.4, -0.2) is 20.9 Å². The van der Waals surface area contributed by atoms with E-state index in [0.717, 1.165) is 42.5 Å². The highest BCUT2D eigenvalue weighted by Gasteiger charge is 2.30. The number of rotatable bonds is 7. The highest BCUT2D eigenvalue weighted by Crippen LogP contribution is 2.31. The average Bonchev–Trinajstić information content (AvgIpc) is 2.74. The number of nitrogens with one attached hydrogen (secondary N) is 2. The molecule has 12 heteroatoms. The normalized spacial score (nSPS) is 11.7. The van der Waals surface area contributed by atoms with Gasteiger partial charge >= 0.3 is 6.18 Å². The molecule has 0 aromatic heterocycles. The van der Waals surface area contributed by atoms with E-state index in [4.69, 9.17) is 4.74 Å². The summed E-state index contributed by atoms with van der Waals surface area (Å²) in [4.78, 5) is 11.6. The summed E-state index contributed by atoms with van der Waals surface area (Å²) in [6.07, 6.45) is -4.63. The van der Waals surface area contributed by atoms with E-state index in [0.29, 0.717) is 6.07 Å². The SMILES string of the molecule is O=C(COc1ccc(S(=O)(=O)Nc2cccc(C(F)(F)F)c2)cc1)Nc1ccc(F)c(F)c1. The third kappa shape index (κ3) is 6.42. The minimum absolute atomic E-state index is 0.0182. The Morgan fingerprint density at radius 1 is 0.879 bits per heavy atom. The molecule has 0 saturated heterocycles. The Hall–Kier alpha value is -3.67. The molecule has 0 fully saturated rings. The zero-order chi connectivity index (χ0) is 24.2. The van der Waals surface area contributed by atoms with E-state index >= 15 is 0 Å². The molecule has 3 rings (SSSR count). The monoisotopic (exact) mass is 486 g/mol. The Morgan fingerprint density at radius 3 is 2.21 bits per heavy atom. The minimum Gasteiger partial charge on any atom is -0.484 e. The Morgan fingerprint density at radius 2 is 1.58 bits per heavy atom. The maximum absolute atomic E-state index is 13.2. The number of ether oxygens (including phenoxy) is 1. The number of hydrogen-bond acceptors (Lipinski definition) is 4. The molecule has 0 aliphatic heterocycles. The molecule has 1 amide bonds. The van der Waals surface area contributed by atoms with Crippen molar-refractivity contribution in [1.82, 2.24) is 0 Å². The van der Waals surface area contributed by atoms with Gasteiger partial charge in [0, 0.05) is 17.4 Å². The van der Waals surface area contributed by atoms with Gasteiger partial charge in [-0.3, -0.25) is 9.52 Å². The fourth-order valence-corrected chi connectivity index (χ4v) is 3.66. The van der Waals surface area contributed by atoms with Crippen LogP contribution in [0.3, 0.4) is 0 Å². The molecule has 0 saturated carbocycles. The smallest absolute Gasteiger partial charge is 0.416 e. The van der Waals surface area contributed by atoms with Gasteiger partial charge in [-0.25, -0.2) is 17.2 Å². The molecule has 3 aromatic carbocycles. The minimum atomic E-state index is -4.63. The second kappa shape index (κ2) is 9.45. The third-order valence-corrected chi connectivity index (χ3v) is 5.55. The second-order valence-electron chi connectivity index (χ2n) is 6.62. The maximum atomic E-state index is 13.2. The maximum Gasteiger partial charge on any atom is 0.416 e. The zero-order valence-electron chi connectivity index (χ0n) is 16.5. The van der Waals surface area contributed by atoms with Crippen molar-refractivity contribution >= 4 is 27.3 Å². The molecule has 3 aromatic rings. The van der Waals surface area contributed by atoms with Crippen molar-refractivity contribution in [3.63, 3.8) is 0 Å². The molecule has 0 bridgehead atoms. The lowest BCUT2D eigenvalue weighted by molar-refractivity contribution is -0.137. The van der Waals surface area contributed by atoms with E-state index in [9.17, 15) is 35.2 Å². The lowest BCUT2D eigenvalue weighted by Crippen LogP contribution is -2.20. The molecule has 6 nitrogen and oxygen atoms in total. The lowest BCUT2D eigenvalue weighted by atomic mass is 10.2.